The Balaban J connectivity index is 1.85. The van der Waals surface area contributed by atoms with Crippen molar-refractivity contribution in [1.82, 2.24) is 4.98 Å². The number of anilines is 1. The van der Waals surface area contributed by atoms with Gasteiger partial charge < -0.3 is 4.90 Å². The largest absolute Gasteiger partial charge is 0.378 e. The summed E-state index contributed by atoms with van der Waals surface area (Å²) in [6.45, 7) is 1.82. The van der Waals surface area contributed by atoms with E-state index in [1.807, 2.05) is 50.2 Å². The van der Waals surface area contributed by atoms with Gasteiger partial charge in [-0.25, -0.2) is 9.37 Å². The van der Waals surface area contributed by atoms with Crippen LogP contribution in [0.15, 0.2) is 58.8 Å². The molecule has 5 nitrogen and oxygen atoms in total. The smallest absolute Gasteiger partial charge is 0.162 e. The van der Waals surface area contributed by atoms with Crippen molar-refractivity contribution in [3.63, 3.8) is 0 Å². The van der Waals surface area contributed by atoms with Crippen molar-refractivity contribution in [2.24, 2.45) is 10.2 Å². The molecule has 0 radical (unpaired) electrons. The molecular weight excluding hydrogens is 373 g/mol. The van der Waals surface area contributed by atoms with Gasteiger partial charge in [-0.15, -0.1) is 10.2 Å². The van der Waals surface area contributed by atoms with Crippen molar-refractivity contribution in [1.29, 1.82) is 5.26 Å². The number of allylic oxidation sites excluding steroid dienone is 1. The zero-order chi connectivity index (χ0) is 20.1. The van der Waals surface area contributed by atoms with E-state index in [2.05, 4.69) is 21.3 Å². The van der Waals surface area contributed by atoms with E-state index >= 15 is 0 Å². The van der Waals surface area contributed by atoms with Crippen molar-refractivity contribution in [2.45, 2.75) is 6.92 Å². The van der Waals surface area contributed by atoms with Crippen LogP contribution in [0.5, 0.6) is 0 Å². The molecule has 0 aliphatic rings. The normalized spacial score (nSPS) is 11.6. The minimum atomic E-state index is -0.322. The quantitative estimate of drug-likeness (QED) is 0.388. The summed E-state index contributed by atoms with van der Waals surface area (Å²) in [6.07, 6.45) is 1.80. The van der Waals surface area contributed by atoms with E-state index in [0.29, 0.717) is 27.0 Å². The van der Waals surface area contributed by atoms with Gasteiger partial charge in [-0.2, -0.15) is 5.26 Å². The summed E-state index contributed by atoms with van der Waals surface area (Å²) >= 11 is 1.30. The summed E-state index contributed by atoms with van der Waals surface area (Å²) in [6, 6.07) is 15.9. The van der Waals surface area contributed by atoms with E-state index in [1.54, 1.807) is 18.2 Å². The van der Waals surface area contributed by atoms with Crippen LogP contribution < -0.4 is 4.90 Å². The predicted molar refractivity (Wildman–Crippen MR) is 112 cm³/mol. The van der Waals surface area contributed by atoms with Crippen LogP contribution in [-0.4, -0.2) is 19.1 Å². The highest BCUT2D eigenvalue weighted by Crippen LogP contribution is 2.33. The molecule has 0 atom stereocenters. The van der Waals surface area contributed by atoms with Gasteiger partial charge in [0.1, 0.15) is 16.9 Å². The first-order chi connectivity index (χ1) is 13.5. The maximum atomic E-state index is 13.0. The number of halogens is 1. The molecule has 2 aromatic carbocycles. The Bertz CT molecular complexity index is 1060. The van der Waals surface area contributed by atoms with Gasteiger partial charge >= 0.3 is 0 Å². The van der Waals surface area contributed by atoms with Crippen LogP contribution in [0.4, 0.5) is 20.8 Å². The summed E-state index contributed by atoms with van der Waals surface area (Å²) in [7, 11) is 3.96. The highest BCUT2D eigenvalue weighted by Gasteiger charge is 2.11. The number of benzene rings is 2. The number of hydrogen-bond acceptors (Lipinski definition) is 6. The Morgan fingerprint density at radius 2 is 1.79 bits per heavy atom. The van der Waals surface area contributed by atoms with Gasteiger partial charge in [0, 0.05) is 19.8 Å². The molecule has 3 rings (SSSR count). The Labute approximate surface area is 167 Å². The molecule has 3 aromatic rings. The number of nitriles is 1. The zero-order valence-corrected chi connectivity index (χ0v) is 16.5. The first-order valence-corrected chi connectivity index (χ1v) is 9.32. The van der Waals surface area contributed by atoms with Gasteiger partial charge in [-0.1, -0.05) is 23.5 Å². The number of rotatable bonds is 5. The van der Waals surface area contributed by atoms with Gasteiger partial charge in [0.25, 0.3) is 0 Å². The SMILES string of the molecule is Cc1nc(C(C#N)=Cc2ccc(N(C)C)cc2)sc1N=Nc1ccc(F)cc1. The standard InChI is InChI=1S/C21H18FN5S/c1-14-20(26-25-18-8-6-17(22)7-9-18)28-21(24-14)16(13-23)12-15-4-10-19(11-5-15)27(2)3/h4-12H,1-3H3. The molecule has 0 aliphatic carbocycles. The van der Waals surface area contributed by atoms with E-state index in [4.69, 9.17) is 0 Å². The van der Waals surface area contributed by atoms with Crippen LogP contribution in [0.2, 0.25) is 0 Å². The third-order valence-corrected chi connectivity index (χ3v) is 5.00. The monoisotopic (exact) mass is 391 g/mol. The summed E-state index contributed by atoms with van der Waals surface area (Å²) in [5.41, 5.74) is 3.71. The maximum absolute atomic E-state index is 13.0. The summed E-state index contributed by atoms with van der Waals surface area (Å²) < 4.78 is 13.0. The minimum absolute atomic E-state index is 0.322. The molecule has 7 heteroatoms. The third kappa shape index (κ3) is 4.67. The molecule has 28 heavy (non-hydrogen) atoms. The average Bonchev–Trinajstić information content (AvgIpc) is 3.06. The molecule has 1 aromatic heterocycles. The number of aryl methyl sites for hydroxylation is 1. The zero-order valence-electron chi connectivity index (χ0n) is 15.7. The molecule has 0 unspecified atom stereocenters. The molecule has 0 aliphatic heterocycles. The van der Waals surface area contributed by atoms with Crippen LogP contribution in [-0.2, 0) is 0 Å². The van der Waals surface area contributed by atoms with Crippen molar-refractivity contribution in [3.05, 3.63) is 70.6 Å². The lowest BCUT2D eigenvalue weighted by atomic mass is 10.1. The Hall–Kier alpha value is -3.37. The fourth-order valence-corrected chi connectivity index (χ4v) is 3.24. The van der Waals surface area contributed by atoms with Crippen molar-refractivity contribution >= 4 is 39.4 Å². The number of hydrogen-bond donors (Lipinski definition) is 0. The molecular formula is C21H18FN5S. The van der Waals surface area contributed by atoms with Crippen molar-refractivity contribution in [3.8, 4) is 6.07 Å². The van der Waals surface area contributed by atoms with E-state index in [0.717, 1.165) is 11.3 Å². The molecule has 0 saturated carbocycles. The third-order valence-electron chi connectivity index (χ3n) is 3.93. The molecule has 0 spiro atoms. The van der Waals surface area contributed by atoms with E-state index < -0.39 is 0 Å². The lowest BCUT2D eigenvalue weighted by molar-refractivity contribution is 0.628. The van der Waals surface area contributed by atoms with Gasteiger partial charge in [0.05, 0.1) is 17.0 Å². The molecule has 1 heterocycles. The lowest BCUT2D eigenvalue weighted by Gasteiger charge is -2.11. The van der Waals surface area contributed by atoms with Gasteiger partial charge in [-0.3, -0.25) is 0 Å². The molecule has 0 N–H and O–H groups in total. The topological polar surface area (TPSA) is 64.6 Å². The first kappa shape index (κ1) is 19.4. The summed E-state index contributed by atoms with van der Waals surface area (Å²) in [5.74, 6) is -0.322. The summed E-state index contributed by atoms with van der Waals surface area (Å²) in [4.78, 5) is 6.47. The molecule has 0 saturated heterocycles. The highest BCUT2D eigenvalue weighted by atomic mass is 32.1. The summed E-state index contributed by atoms with van der Waals surface area (Å²) in [5, 5.41) is 19.1. The number of azo groups is 1. The van der Waals surface area contributed by atoms with Crippen LogP contribution in [0, 0.1) is 24.1 Å². The molecule has 140 valence electrons. The van der Waals surface area contributed by atoms with Gasteiger partial charge in [-0.05, 0) is 55.0 Å². The van der Waals surface area contributed by atoms with Crippen LogP contribution in [0.25, 0.3) is 11.6 Å². The lowest BCUT2D eigenvalue weighted by Crippen LogP contribution is -2.07. The second kappa shape index (κ2) is 8.55. The van der Waals surface area contributed by atoms with Crippen LogP contribution in [0.3, 0.4) is 0 Å². The molecule has 0 amide bonds. The number of nitrogens with zero attached hydrogens (tertiary/aromatic N) is 5. The van der Waals surface area contributed by atoms with Gasteiger partial charge in [0.15, 0.2) is 5.00 Å². The number of thiazole rings is 1. The Morgan fingerprint density at radius 1 is 1.11 bits per heavy atom. The highest BCUT2D eigenvalue weighted by molar-refractivity contribution is 7.16. The van der Waals surface area contributed by atoms with Crippen molar-refractivity contribution < 1.29 is 4.39 Å². The second-order valence-corrected chi connectivity index (χ2v) is 7.22. The maximum Gasteiger partial charge on any atom is 0.162 e. The minimum Gasteiger partial charge on any atom is -0.378 e. The Morgan fingerprint density at radius 3 is 2.39 bits per heavy atom. The fourth-order valence-electron chi connectivity index (χ4n) is 2.38. The number of aromatic nitrogens is 1. The Kier molecular flexibility index (Phi) is 5.92. The fraction of sp³-hybridized carbons (Fsp3) is 0.143. The molecule has 0 fully saturated rings. The first-order valence-electron chi connectivity index (χ1n) is 8.50. The van der Waals surface area contributed by atoms with Crippen molar-refractivity contribution in [2.75, 3.05) is 19.0 Å². The van der Waals surface area contributed by atoms with E-state index in [-0.39, 0.29) is 5.82 Å². The van der Waals surface area contributed by atoms with Crippen LogP contribution in [0.1, 0.15) is 16.3 Å². The van der Waals surface area contributed by atoms with E-state index in [9.17, 15) is 9.65 Å². The van der Waals surface area contributed by atoms with Crippen LogP contribution >= 0.6 is 11.3 Å². The predicted octanol–water partition coefficient (Wildman–Crippen LogP) is 6.14. The second-order valence-electron chi connectivity index (χ2n) is 6.24. The van der Waals surface area contributed by atoms with Gasteiger partial charge in [0.2, 0.25) is 0 Å². The molecule has 0 bridgehead atoms. The average molecular weight is 391 g/mol. The van der Waals surface area contributed by atoms with E-state index in [1.165, 1.54) is 23.5 Å².